The fourth-order valence-corrected chi connectivity index (χ4v) is 6.06. The average molecular weight is 429 g/mol. The van der Waals surface area contributed by atoms with Crippen LogP contribution in [0, 0.1) is 5.92 Å². The Balaban J connectivity index is 1.46. The lowest BCUT2D eigenvalue weighted by Crippen LogP contribution is -2.23. The molecule has 0 radical (unpaired) electrons. The molecule has 150 valence electrons. The molecule has 7 nitrogen and oxygen atoms in total. The van der Waals surface area contributed by atoms with Gasteiger partial charge in [0, 0.05) is 11.4 Å². The van der Waals surface area contributed by atoms with Gasteiger partial charge in [0.05, 0.1) is 17.4 Å². The molecule has 1 aliphatic carbocycles. The lowest BCUT2D eigenvalue weighted by atomic mass is 9.89. The van der Waals surface area contributed by atoms with Gasteiger partial charge in [-0.1, -0.05) is 18.7 Å². The van der Waals surface area contributed by atoms with Gasteiger partial charge in [-0.2, -0.15) is 0 Å². The van der Waals surface area contributed by atoms with E-state index in [0.29, 0.717) is 40.9 Å². The maximum absolute atomic E-state index is 13.2. The van der Waals surface area contributed by atoms with Crippen molar-refractivity contribution in [2.45, 2.75) is 50.6 Å². The fraction of sp³-hybridized carbons (Fsp3) is 0.400. The minimum absolute atomic E-state index is 0.0638. The summed E-state index contributed by atoms with van der Waals surface area (Å²) < 4.78 is 12.7. The lowest BCUT2D eigenvalue weighted by Gasteiger charge is -2.17. The minimum Gasteiger partial charge on any atom is -0.459 e. The molecule has 0 N–H and O–H groups in total. The molecule has 5 rings (SSSR count). The summed E-state index contributed by atoms with van der Waals surface area (Å²) in [4.78, 5) is 20.2. The molecule has 1 aliphatic rings. The molecule has 0 aliphatic heterocycles. The van der Waals surface area contributed by atoms with Crippen molar-refractivity contribution < 1.29 is 8.83 Å². The number of hydrogen-bond donors (Lipinski definition) is 0. The van der Waals surface area contributed by atoms with Crippen LogP contribution < -0.4 is 5.56 Å². The number of rotatable bonds is 5. The second-order valence-corrected chi connectivity index (χ2v) is 9.27. The highest BCUT2D eigenvalue weighted by Gasteiger charge is 2.24. The van der Waals surface area contributed by atoms with Crippen LogP contribution in [0.1, 0.15) is 36.6 Å². The van der Waals surface area contributed by atoms with E-state index in [2.05, 4.69) is 17.1 Å². The molecule has 4 heterocycles. The van der Waals surface area contributed by atoms with Crippen molar-refractivity contribution in [2.75, 3.05) is 0 Å². The second-order valence-electron chi connectivity index (χ2n) is 7.24. The zero-order valence-corrected chi connectivity index (χ0v) is 17.8. The van der Waals surface area contributed by atoms with E-state index in [1.165, 1.54) is 22.2 Å². The van der Waals surface area contributed by atoms with E-state index in [4.69, 9.17) is 13.8 Å². The highest BCUT2D eigenvalue weighted by Crippen LogP contribution is 2.36. The third-order valence-corrected chi connectivity index (χ3v) is 7.33. The molecule has 0 aromatic carbocycles. The smallest absolute Gasteiger partial charge is 0.283 e. The summed E-state index contributed by atoms with van der Waals surface area (Å²) in [6.07, 6.45) is 4.72. The summed E-state index contributed by atoms with van der Waals surface area (Å²) >= 11 is 3.12. The largest absolute Gasteiger partial charge is 0.459 e. The molecule has 0 spiro atoms. The minimum atomic E-state index is 0.0638. The first-order chi connectivity index (χ1) is 14.1. The lowest BCUT2D eigenvalue weighted by molar-refractivity contribution is 0.494. The topological polar surface area (TPSA) is 86.9 Å². The van der Waals surface area contributed by atoms with E-state index >= 15 is 0 Å². The normalized spacial score (nSPS) is 16.4. The van der Waals surface area contributed by atoms with E-state index in [1.807, 2.05) is 6.92 Å². The van der Waals surface area contributed by atoms with Crippen LogP contribution in [0.15, 0.2) is 37.2 Å². The maximum Gasteiger partial charge on any atom is 0.283 e. The summed E-state index contributed by atoms with van der Waals surface area (Å²) in [5.41, 5.74) is 1.29. The maximum atomic E-state index is 13.2. The first-order valence-electron chi connectivity index (χ1n) is 9.68. The molecule has 1 atom stereocenters. The molecule has 0 amide bonds. The van der Waals surface area contributed by atoms with Crippen LogP contribution in [0.3, 0.4) is 0 Å². The molecule has 0 fully saturated rings. The Bertz CT molecular complexity index is 1220. The van der Waals surface area contributed by atoms with Gasteiger partial charge in [-0.3, -0.25) is 9.36 Å². The van der Waals surface area contributed by atoms with Crippen molar-refractivity contribution in [2.24, 2.45) is 5.92 Å². The zero-order valence-electron chi connectivity index (χ0n) is 16.2. The summed E-state index contributed by atoms with van der Waals surface area (Å²) in [6, 6.07) is 3.54. The predicted molar refractivity (Wildman–Crippen MR) is 112 cm³/mol. The fourth-order valence-electron chi connectivity index (χ4n) is 3.73. The van der Waals surface area contributed by atoms with Gasteiger partial charge in [-0.25, -0.2) is 4.98 Å². The van der Waals surface area contributed by atoms with Crippen LogP contribution >= 0.6 is 23.1 Å². The summed E-state index contributed by atoms with van der Waals surface area (Å²) in [7, 11) is 0. The van der Waals surface area contributed by atoms with E-state index in [9.17, 15) is 4.79 Å². The van der Waals surface area contributed by atoms with Crippen LogP contribution in [0.5, 0.6) is 0 Å². The quantitative estimate of drug-likeness (QED) is 0.341. The predicted octanol–water partition coefficient (Wildman–Crippen LogP) is 4.54. The number of thiophene rings is 1. The van der Waals surface area contributed by atoms with Crippen molar-refractivity contribution >= 4 is 33.3 Å². The van der Waals surface area contributed by atoms with Crippen LogP contribution in [-0.4, -0.2) is 19.7 Å². The Hall–Kier alpha value is -2.39. The van der Waals surface area contributed by atoms with E-state index in [0.717, 1.165) is 29.5 Å². The van der Waals surface area contributed by atoms with Crippen molar-refractivity contribution in [3.05, 3.63) is 45.1 Å². The van der Waals surface area contributed by atoms with Gasteiger partial charge in [-0.05, 0) is 49.8 Å². The third kappa shape index (κ3) is 3.32. The molecule has 4 aromatic rings. The molecule has 29 heavy (non-hydrogen) atoms. The molecule has 4 aromatic heterocycles. The first-order valence-corrected chi connectivity index (χ1v) is 11.5. The summed E-state index contributed by atoms with van der Waals surface area (Å²) in [5.74, 6) is 2.46. The average Bonchev–Trinajstić information content (AvgIpc) is 3.44. The van der Waals surface area contributed by atoms with Gasteiger partial charge in [0.2, 0.25) is 5.89 Å². The Labute approximate surface area is 175 Å². The molecular formula is C20H20N4O3S2. The van der Waals surface area contributed by atoms with Gasteiger partial charge in [-0.15, -0.1) is 21.5 Å². The number of aryl methyl sites for hydroxylation is 1. The van der Waals surface area contributed by atoms with Crippen LogP contribution in [0.25, 0.3) is 21.9 Å². The number of aromatic nitrogens is 4. The molecule has 1 unspecified atom stereocenters. The van der Waals surface area contributed by atoms with Crippen LogP contribution in [0.4, 0.5) is 0 Å². The van der Waals surface area contributed by atoms with Gasteiger partial charge >= 0.3 is 0 Å². The number of nitrogens with zero attached hydrogens (tertiary/aromatic N) is 4. The molecule has 0 saturated carbocycles. The molecule has 9 heteroatoms. The standard InChI is InChI=1S/C20H20N4O3S2/c1-3-24-19(25)16-12-7-6-11(2)9-14(12)29-18(16)21-20(24)28-10-15-22-23-17(27-15)13-5-4-8-26-13/h4-5,8,11H,3,6-7,9-10H2,1-2H3. The highest BCUT2D eigenvalue weighted by molar-refractivity contribution is 7.98. The summed E-state index contributed by atoms with van der Waals surface area (Å²) in [6.45, 7) is 4.82. The Morgan fingerprint density at radius 2 is 2.28 bits per heavy atom. The SMILES string of the molecule is CCn1c(SCc2nnc(-c3ccco3)o2)nc2sc3c(c2c1=O)CCC(C)C3. The molecular weight excluding hydrogens is 408 g/mol. The Kier molecular flexibility index (Phi) is 4.79. The van der Waals surface area contributed by atoms with Crippen molar-refractivity contribution in [1.29, 1.82) is 0 Å². The van der Waals surface area contributed by atoms with Gasteiger partial charge in [0.25, 0.3) is 11.4 Å². The van der Waals surface area contributed by atoms with Crippen LogP contribution in [0.2, 0.25) is 0 Å². The Morgan fingerprint density at radius 3 is 3.07 bits per heavy atom. The van der Waals surface area contributed by atoms with E-state index in [-0.39, 0.29) is 5.56 Å². The van der Waals surface area contributed by atoms with Gasteiger partial charge in [0.1, 0.15) is 4.83 Å². The third-order valence-electron chi connectivity index (χ3n) is 5.22. The van der Waals surface area contributed by atoms with Crippen molar-refractivity contribution in [3.63, 3.8) is 0 Å². The van der Waals surface area contributed by atoms with E-state index < -0.39 is 0 Å². The molecule has 0 saturated heterocycles. The molecule has 0 bridgehead atoms. The number of furan rings is 1. The van der Waals surface area contributed by atoms with E-state index in [1.54, 1.807) is 34.3 Å². The van der Waals surface area contributed by atoms with Crippen LogP contribution in [-0.2, 0) is 25.1 Å². The number of fused-ring (bicyclic) bond motifs is 3. The highest BCUT2D eigenvalue weighted by atomic mass is 32.2. The monoisotopic (exact) mass is 428 g/mol. The zero-order chi connectivity index (χ0) is 20.0. The van der Waals surface area contributed by atoms with Crippen molar-refractivity contribution in [3.8, 4) is 11.7 Å². The Morgan fingerprint density at radius 1 is 1.38 bits per heavy atom. The second kappa shape index (κ2) is 7.46. The van der Waals surface area contributed by atoms with Gasteiger partial charge < -0.3 is 8.83 Å². The van der Waals surface area contributed by atoms with Crippen molar-refractivity contribution in [1.82, 2.24) is 19.7 Å². The number of thioether (sulfide) groups is 1. The first kappa shape index (κ1) is 18.6. The summed E-state index contributed by atoms with van der Waals surface area (Å²) in [5, 5.41) is 9.61. The van der Waals surface area contributed by atoms with Gasteiger partial charge in [0.15, 0.2) is 10.9 Å². The number of hydrogen-bond acceptors (Lipinski definition) is 8.